The number of aromatic nitrogens is 1. The highest BCUT2D eigenvalue weighted by atomic mass is 16.2. The molecule has 3 N–H and O–H groups in total. The van der Waals surface area contributed by atoms with Crippen LogP contribution in [0.2, 0.25) is 0 Å². The van der Waals surface area contributed by atoms with Crippen molar-refractivity contribution in [2.24, 2.45) is 5.73 Å². The van der Waals surface area contributed by atoms with Crippen molar-refractivity contribution < 1.29 is 4.79 Å². The molecule has 1 aromatic carbocycles. The molecule has 1 heterocycles. The van der Waals surface area contributed by atoms with Gasteiger partial charge in [0.05, 0.1) is 0 Å². The van der Waals surface area contributed by atoms with E-state index in [4.69, 9.17) is 5.73 Å². The molecule has 0 aliphatic heterocycles. The van der Waals surface area contributed by atoms with E-state index in [0.717, 1.165) is 29.3 Å². The number of hydrogen-bond acceptors (Lipinski definition) is 2. The third-order valence-electron chi connectivity index (χ3n) is 3.33. The lowest BCUT2D eigenvalue weighted by atomic mass is 10.1. The molecule has 94 valence electrons. The van der Waals surface area contributed by atoms with E-state index in [1.54, 1.807) is 0 Å². The van der Waals surface area contributed by atoms with E-state index in [-0.39, 0.29) is 5.91 Å². The number of hydrogen-bond donors (Lipinski definition) is 2. The number of benzene rings is 1. The molecule has 4 nitrogen and oxygen atoms in total. The van der Waals surface area contributed by atoms with Crippen LogP contribution in [-0.2, 0) is 17.9 Å². The maximum absolute atomic E-state index is 11.8. The molecule has 1 aliphatic rings. The number of carbonyl (C=O) groups excluding carboxylic acids is 1. The molecular formula is C14H17N3O. The average Bonchev–Trinajstić information content (AvgIpc) is 3.10. The lowest BCUT2D eigenvalue weighted by molar-refractivity contribution is -0.121. The summed E-state index contributed by atoms with van der Waals surface area (Å²) in [5.41, 5.74) is 7.81. The molecule has 1 fully saturated rings. The third kappa shape index (κ3) is 2.24. The number of rotatable bonds is 4. The van der Waals surface area contributed by atoms with Crippen LogP contribution in [0.3, 0.4) is 0 Å². The van der Waals surface area contributed by atoms with E-state index in [1.165, 1.54) is 0 Å². The Hall–Kier alpha value is -1.81. The summed E-state index contributed by atoms with van der Waals surface area (Å²) in [7, 11) is 0. The zero-order chi connectivity index (χ0) is 12.5. The molecule has 1 amide bonds. The van der Waals surface area contributed by atoms with Gasteiger partial charge in [0.2, 0.25) is 5.91 Å². The fourth-order valence-electron chi connectivity index (χ4n) is 2.17. The molecule has 0 saturated heterocycles. The predicted octanol–water partition coefficient (Wildman–Crippen LogP) is 1.38. The molecule has 1 saturated carbocycles. The van der Waals surface area contributed by atoms with Gasteiger partial charge in [0.25, 0.3) is 0 Å². The van der Waals surface area contributed by atoms with Crippen molar-refractivity contribution in [3.63, 3.8) is 0 Å². The van der Waals surface area contributed by atoms with E-state index >= 15 is 0 Å². The molecule has 1 aromatic heterocycles. The van der Waals surface area contributed by atoms with Crippen LogP contribution in [0.4, 0.5) is 0 Å². The van der Waals surface area contributed by atoms with Crippen molar-refractivity contribution in [3.8, 4) is 0 Å². The highest BCUT2D eigenvalue weighted by Gasteiger charge is 2.23. The number of fused-ring (bicyclic) bond motifs is 1. The normalized spacial score (nSPS) is 14.9. The number of nitrogens with zero attached hydrogens (tertiary/aromatic N) is 1. The van der Waals surface area contributed by atoms with Gasteiger partial charge in [0.15, 0.2) is 0 Å². The summed E-state index contributed by atoms with van der Waals surface area (Å²) in [6, 6.07) is 8.56. The molecule has 2 aromatic rings. The largest absolute Gasteiger partial charge is 0.352 e. The molecule has 0 radical (unpaired) electrons. The van der Waals surface area contributed by atoms with E-state index in [9.17, 15) is 4.79 Å². The van der Waals surface area contributed by atoms with E-state index in [0.29, 0.717) is 19.1 Å². The van der Waals surface area contributed by atoms with Gasteiger partial charge in [0, 0.05) is 24.3 Å². The number of carbonyl (C=O) groups is 1. The van der Waals surface area contributed by atoms with Crippen molar-refractivity contribution >= 4 is 16.8 Å². The Bertz CT molecular complexity index is 584. The minimum Gasteiger partial charge on any atom is -0.352 e. The van der Waals surface area contributed by atoms with Gasteiger partial charge in [-0.3, -0.25) is 4.79 Å². The van der Waals surface area contributed by atoms with Crippen LogP contribution in [0.1, 0.15) is 18.4 Å². The van der Waals surface area contributed by atoms with Gasteiger partial charge >= 0.3 is 0 Å². The molecular weight excluding hydrogens is 226 g/mol. The molecule has 0 atom stereocenters. The molecule has 18 heavy (non-hydrogen) atoms. The average molecular weight is 243 g/mol. The fourth-order valence-corrected chi connectivity index (χ4v) is 2.17. The monoisotopic (exact) mass is 243 g/mol. The zero-order valence-electron chi connectivity index (χ0n) is 10.2. The van der Waals surface area contributed by atoms with Crippen molar-refractivity contribution in [3.05, 3.63) is 36.0 Å². The van der Waals surface area contributed by atoms with Crippen LogP contribution in [0.15, 0.2) is 30.5 Å². The summed E-state index contributed by atoms with van der Waals surface area (Å²) in [6.45, 7) is 0.936. The van der Waals surface area contributed by atoms with Crippen LogP contribution in [0, 0.1) is 0 Å². The Balaban J connectivity index is 1.81. The maximum atomic E-state index is 11.8. The first kappa shape index (κ1) is 11.3. The Morgan fingerprint density at radius 2 is 2.22 bits per heavy atom. The Morgan fingerprint density at radius 3 is 2.94 bits per heavy atom. The smallest absolute Gasteiger partial charge is 0.240 e. The lowest BCUT2D eigenvalue weighted by Gasteiger charge is -2.06. The van der Waals surface area contributed by atoms with Gasteiger partial charge < -0.3 is 15.6 Å². The minimum absolute atomic E-state index is 0.0953. The first-order chi connectivity index (χ1) is 8.76. The van der Waals surface area contributed by atoms with Crippen molar-refractivity contribution in [2.75, 3.05) is 0 Å². The molecule has 4 heteroatoms. The number of nitrogens with one attached hydrogen (secondary N) is 1. The zero-order valence-corrected chi connectivity index (χ0v) is 10.2. The Kier molecular flexibility index (Phi) is 2.80. The summed E-state index contributed by atoms with van der Waals surface area (Å²) in [4.78, 5) is 11.8. The van der Waals surface area contributed by atoms with Crippen LogP contribution >= 0.6 is 0 Å². The fraction of sp³-hybridized carbons (Fsp3) is 0.357. The van der Waals surface area contributed by atoms with Crippen LogP contribution in [0.5, 0.6) is 0 Å². The molecule has 3 rings (SSSR count). The summed E-state index contributed by atoms with van der Waals surface area (Å²) in [5, 5.41) is 4.14. The van der Waals surface area contributed by atoms with Crippen molar-refractivity contribution in [2.45, 2.75) is 32.0 Å². The predicted molar refractivity (Wildman–Crippen MR) is 71.0 cm³/mol. The summed E-state index contributed by atoms with van der Waals surface area (Å²) >= 11 is 0. The second-order valence-corrected chi connectivity index (χ2v) is 4.88. The van der Waals surface area contributed by atoms with Crippen molar-refractivity contribution in [1.29, 1.82) is 0 Å². The summed E-state index contributed by atoms with van der Waals surface area (Å²) in [5.74, 6) is 0.0953. The first-order valence-electron chi connectivity index (χ1n) is 6.33. The van der Waals surface area contributed by atoms with Crippen molar-refractivity contribution in [1.82, 2.24) is 9.88 Å². The number of amides is 1. The summed E-state index contributed by atoms with van der Waals surface area (Å²) < 4.78 is 1.98. The highest BCUT2D eigenvalue weighted by Crippen LogP contribution is 2.20. The molecule has 0 spiro atoms. The number of nitrogens with two attached hydrogens (primary N) is 1. The minimum atomic E-state index is 0.0953. The first-order valence-corrected chi connectivity index (χ1v) is 6.33. The molecule has 0 unspecified atom stereocenters. The van der Waals surface area contributed by atoms with Gasteiger partial charge in [-0.2, -0.15) is 0 Å². The maximum Gasteiger partial charge on any atom is 0.240 e. The topological polar surface area (TPSA) is 60.0 Å². The third-order valence-corrected chi connectivity index (χ3v) is 3.33. The Labute approximate surface area is 106 Å². The SMILES string of the molecule is NCc1ccc2c(ccn2CC(=O)NC2CC2)c1. The Morgan fingerprint density at radius 1 is 1.39 bits per heavy atom. The van der Waals surface area contributed by atoms with E-state index in [1.807, 2.05) is 29.0 Å². The van der Waals surface area contributed by atoms with E-state index < -0.39 is 0 Å². The van der Waals surface area contributed by atoms with Crippen LogP contribution < -0.4 is 11.1 Å². The second kappa shape index (κ2) is 4.46. The molecule has 0 bridgehead atoms. The van der Waals surface area contributed by atoms with Gasteiger partial charge in [-0.25, -0.2) is 0 Å². The molecule has 1 aliphatic carbocycles. The van der Waals surface area contributed by atoms with Gasteiger partial charge in [-0.1, -0.05) is 6.07 Å². The van der Waals surface area contributed by atoms with Gasteiger partial charge in [-0.15, -0.1) is 0 Å². The van der Waals surface area contributed by atoms with Crippen LogP contribution in [-0.4, -0.2) is 16.5 Å². The summed E-state index contributed by atoms with van der Waals surface area (Å²) in [6.07, 6.45) is 4.20. The van der Waals surface area contributed by atoms with Gasteiger partial charge in [0.1, 0.15) is 6.54 Å². The second-order valence-electron chi connectivity index (χ2n) is 4.88. The van der Waals surface area contributed by atoms with Crippen LogP contribution in [0.25, 0.3) is 10.9 Å². The van der Waals surface area contributed by atoms with E-state index in [2.05, 4.69) is 11.4 Å². The quantitative estimate of drug-likeness (QED) is 0.852. The van der Waals surface area contributed by atoms with Gasteiger partial charge in [-0.05, 0) is 42.0 Å². The standard InChI is InChI=1S/C14H17N3O/c15-8-10-1-4-13-11(7-10)5-6-17(13)9-14(18)16-12-2-3-12/h1,4-7,12H,2-3,8-9,15H2,(H,16,18). The lowest BCUT2D eigenvalue weighted by Crippen LogP contribution is -2.28. The highest BCUT2D eigenvalue weighted by molar-refractivity contribution is 5.84.